The SMILES string of the molecule is O=C(O)CC1(O)C=CC=C(O)C1. The van der Waals surface area contributed by atoms with Gasteiger partial charge in [-0.1, -0.05) is 12.2 Å². The Balaban J connectivity index is 2.69. The van der Waals surface area contributed by atoms with Crippen LogP contribution < -0.4 is 0 Å². The number of hydrogen-bond acceptors (Lipinski definition) is 3. The lowest BCUT2D eigenvalue weighted by molar-refractivity contribution is -0.141. The molecule has 0 fully saturated rings. The molecule has 0 saturated heterocycles. The van der Waals surface area contributed by atoms with Crippen molar-refractivity contribution in [2.24, 2.45) is 0 Å². The molecule has 1 atom stereocenters. The number of aliphatic hydroxyl groups is 2. The number of rotatable bonds is 2. The van der Waals surface area contributed by atoms with E-state index in [9.17, 15) is 9.90 Å². The summed E-state index contributed by atoms with van der Waals surface area (Å²) in [6.07, 6.45) is 3.83. The van der Waals surface area contributed by atoms with E-state index in [0.29, 0.717) is 0 Å². The van der Waals surface area contributed by atoms with Gasteiger partial charge in [0, 0.05) is 6.42 Å². The average Bonchev–Trinajstić information content (AvgIpc) is 1.82. The largest absolute Gasteiger partial charge is 0.512 e. The fourth-order valence-electron chi connectivity index (χ4n) is 1.15. The molecule has 1 aliphatic carbocycles. The second-order valence-corrected chi connectivity index (χ2v) is 2.87. The third-order valence-corrected chi connectivity index (χ3v) is 1.64. The minimum absolute atomic E-state index is 0.00116. The number of carbonyl (C=O) groups is 1. The van der Waals surface area contributed by atoms with Crippen LogP contribution in [-0.4, -0.2) is 26.9 Å². The van der Waals surface area contributed by atoms with Gasteiger partial charge < -0.3 is 15.3 Å². The van der Waals surface area contributed by atoms with Gasteiger partial charge in [0.1, 0.15) is 5.60 Å². The van der Waals surface area contributed by atoms with Crippen molar-refractivity contribution in [3.05, 3.63) is 24.0 Å². The molecule has 1 unspecified atom stereocenters. The van der Waals surface area contributed by atoms with Gasteiger partial charge in [0.2, 0.25) is 0 Å². The minimum Gasteiger partial charge on any atom is -0.512 e. The first-order valence-corrected chi connectivity index (χ1v) is 3.53. The highest BCUT2D eigenvalue weighted by atomic mass is 16.4. The molecule has 3 N–H and O–H groups in total. The van der Waals surface area contributed by atoms with E-state index in [1.165, 1.54) is 18.2 Å². The summed E-state index contributed by atoms with van der Waals surface area (Å²) in [5, 5.41) is 27.0. The molecule has 0 aromatic heterocycles. The molecule has 4 heteroatoms. The van der Waals surface area contributed by atoms with Gasteiger partial charge in [0.25, 0.3) is 0 Å². The molecule has 0 aromatic rings. The monoisotopic (exact) mass is 170 g/mol. The lowest BCUT2D eigenvalue weighted by Gasteiger charge is -2.24. The zero-order valence-electron chi connectivity index (χ0n) is 6.40. The Hall–Kier alpha value is -1.29. The first-order valence-electron chi connectivity index (χ1n) is 3.53. The van der Waals surface area contributed by atoms with Crippen LogP contribution in [0.1, 0.15) is 12.8 Å². The van der Waals surface area contributed by atoms with Gasteiger partial charge in [-0.25, -0.2) is 0 Å². The maximum Gasteiger partial charge on any atom is 0.306 e. The van der Waals surface area contributed by atoms with E-state index in [0.717, 1.165) is 0 Å². The Bertz CT molecular complexity index is 250. The average molecular weight is 170 g/mol. The van der Waals surface area contributed by atoms with Gasteiger partial charge in [-0.2, -0.15) is 0 Å². The summed E-state index contributed by atoms with van der Waals surface area (Å²) in [6.45, 7) is 0. The van der Waals surface area contributed by atoms with Crippen molar-refractivity contribution in [3.63, 3.8) is 0 Å². The fraction of sp³-hybridized carbons (Fsp3) is 0.375. The normalized spacial score (nSPS) is 28.2. The lowest BCUT2D eigenvalue weighted by Crippen LogP contribution is -2.31. The first-order chi connectivity index (χ1) is 5.52. The van der Waals surface area contributed by atoms with Crippen LogP contribution in [0.15, 0.2) is 24.0 Å². The highest BCUT2D eigenvalue weighted by molar-refractivity contribution is 5.68. The Morgan fingerprint density at radius 2 is 2.33 bits per heavy atom. The summed E-state index contributed by atoms with van der Waals surface area (Å²) in [6, 6.07) is 0. The van der Waals surface area contributed by atoms with E-state index in [1.807, 2.05) is 0 Å². The number of carboxylic acids is 1. The van der Waals surface area contributed by atoms with Crippen molar-refractivity contribution in [2.45, 2.75) is 18.4 Å². The Morgan fingerprint density at radius 3 is 2.83 bits per heavy atom. The number of hydrogen-bond donors (Lipinski definition) is 3. The van der Waals surface area contributed by atoms with Crippen LogP contribution in [-0.2, 0) is 4.79 Å². The number of aliphatic hydroxyl groups excluding tert-OH is 1. The quantitative estimate of drug-likeness (QED) is 0.567. The van der Waals surface area contributed by atoms with Gasteiger partial charge in [0.15, 0.2) is 0 Å². The van der Waals surface area contributed by atoms with E-state index in [-0.39, 0.29) is 18.6 Å². The standard InChI is InChI=1S/C8H10O4/c9-6-2-1-3-8(12,4-6)5-7(10)11/h1-3,9,12H,4-5H2,(H,10,11). The van der Waals surface area contributed by atoms with Crippen LogP contribution in [0.3, 0.4) is 0 Å². The highest BCUT2D eigenvalue weighted by Crippen LogP contribution is 2.24. The molecule has 12 heavy (non-hydrogen) atoms. The lowest BCUT2D eigenvalue weighted by atomic mass is 9.91. The van der Waals surface area contributed by atoms with Crippen molar-refractivity contribution in [2.75, 3.05) is 0 Å². The maximum absolute atomic E-state index is 10.3. The number of carboxylic acid groups (broad SMARTS) is 1. The first kappa shape index (κ1) is 8.80. The second kappa shape index (κ2) is 2.98. The molecule has 1 aliphatic rings. The summed E-state index contributed by atoms with van der Waals surface area (Å²) >= 11 is 0. The predicted molar refractivity (Wildman–Crippen MR) is 41.7 cm³/mol. The molecular formula is C8H10O4. The molecule has 4 nitrogen and oxygen atoms in total. The zero-order valence-corrected chi connectivity index (χ0v) is 6.40. The molecule has 0 amide bonds. The molecule has 0 aliphatic heterocycles. The van der Waals surface area contributed by atoms with Crippen LogP contribution in [0, 0.1) is 0 Å². The van der Waals surface area contributed by atoms with Gasteiger partial charge in [0.05, 0.1) is 12.2 Å². The molecule has 0 bridgehead atoms. The summed E-state index contributed by atoms with van der Waals surface area (Å²) in [5.74, 6) is -1.09. The molecule has 66 valence electrons. The van der Waals surface area contributed by atoms with E-state index in [1.54, 1.807) is 0 Å². The van der Waals surface area contributed by atoms with Crippen molar-refractivity contribution in [1.82, 2.24) is 0 Å². The third-order valence-electron chi connectivity index (χ3n) is 1.64. The maximum atomic E-state index is 10.3. The van der Waals surface area contributed by atoms with Gasteiger partial charge in [-0.05, 0) is 6.08 Å². The van der Waals surface area contributed by atoms with E-state index >= 15 is 0 Å². The summed E-state index contributed by atoms with van der Waals surface area (Å²) in [4.78, 5) is 10.3. The molecular weight excluding hydrogens is 160 g/mol. The van der Waals surface area contributed by atoms with E-state index < -0.39 is 11.6 Å². The van der Waals surface area contributed by atoms with E-state index in [4.69, 9.17) is 10.2 Å². The van der Waals surface area contributed by atoms with E-state index in [2.05, 4.69) is 0 Å². The van der Waals surface area contributed by atoms with Crippen LogP contribution in [0.25, 0.3) is 0 Å². The Morgan fingerprint density at radius 1 is 1.67 bits per heavy atom. The van der Waals surface area contributed by atoms with Crippen molar-refractivity contribution in [3.8, 4) is 0 Å². The molecule has 0 heterocycles. The van der Waals surface area contributed by atoms with Gasteiger partial charge in [-0.3, -0.25) is 4.79 Å². The number of allylic oxidation sites excluding steroid dienone is 2. The van der Waals surface area contributed by atoms with Crippen molar-refractivity contribution < 1.29 is 20.1 Å². The summed E-state index contributed by atoms with van der Waals surface area (Å²) < 4.78 is 0. The van der Waals surface area contributed by atoms with Crippen LogP contribution in [0.5, 0.6) is 0 Å². The minimum atomic E-state index is -1.43. The van der Waals surface area contributed by atoms with Crippen LogP contribution in [0.2, 0.25) is 0 Å². The summed E-state index contributed by atoms with van der Waals surface area (Å²) in [5.41, 5.74) is -1.43. The van der Waals surface area contributed by atoms with Crippen molar-refractivity contribution in [1.29, 1.82) is 0 Å². The topological polar surface area (TPSA) is 77.8 Å². The Labute approximate surface area is 69.5 Å². The predicted octanol–water partition coefficient (Wildman–Crippen LogP) is 0.594. The zero-order chi connectivity index (χ0) is 9.19. The fourth-order valence-corrected chi connectivity index (χ4v) is 1.15. The second-order valence-electron chi connectivity index (χ2n) is 2.87. The van der Waals surface area contributed by atoms with Crippen LogP contribution in [0.4, 0.5) is 0 Å². The van der Waals surface area contributed by atoms with Crippen molar-refractivity contribution >= 4 is 5.97 Å². The van der Waals surface area contributed by atoms with Gasteiger partial charge >= 0.3 is 5.97 Å². The smallest absolute Gasteiger partial charge is 0.306 e. The molecule has 1 rings (SSSR count). The molecule has 0 aromatic carbocycles. The third kappa shape index (κ3) is 2.10. The van der Waals surface area contributed by atoms with Gasteiger partial charge in [-0.15, -0.1) is 0 Å². The number of aliphatic carboxylic acids is 1. The molecule has 0 spiro atoms. The Kier molecular flexibility index (Phi) is 2.19. The highest BCUT2D eigenvalue weighted by Gasteiger charge is 2.29. The molecule has 0 saturated carbocycles. The van der Waals surface area contributed by atoms with Crippen LogP contribution >= 0.6 is 0 Å². The summed E-state index contributed by atoms with van der Waals surface area (Å²) in [7, 11) is 0. The molecule has 0 radical (unpaired) electrons.